The second kappa shape index (κ2) is 8.41. The van der Waals surface area contributed by atoms with Gasteiger partial charge in [0.05, 0.1) is 39.0 Å². The Morgan fingerprint density at radius 3 is 2.63 bits per heavy atom. The van der Waals surface area contributed by atoms with Gasteiger partial charge in [0, 0.05) is 13.1 Å². The number of para-hydroxylation sites is 1. The normalized spacial score (nSPS) is 15.4. The number of carbonyl (C=O) groups excluding carboxylic acids is 1. The first-order valence-corrected chi connectivity index (χ1v) is 12.0. The summed E-state index contributed by atoms with van der Waals surface area (Å²) in [6.45, 7) is 2.97. The van der Waals surface area contributed by atoms with Crippen LogP contribution in [-0.2, 0) is 14.8 Å². The minimum Gasteiger partial charge on any atom is -0.379 e. The smallest absolute Gasteiger partial charge is 0.259 e. The molecule has 4 rings (SSSR count). The van der Waals surface area contributed by atoms with Crippen LogP contribution in [-0.4, -0.2) is 49.9 Å². The number of anilines is 1. The Morgan fingerprint density at radius 1 is 1.20 bits per heavy atom. The summed E-state index contributed by atoms with van der Waals surface area (Å²) in [6, 6.07) is 8.25. The lowest BCUT2D eigenvalue weighted by atomic mass is 10.2. The van der Waals surface area contributed by atoms with Gasteiger partial charge in [-0.15, -0.1) is 0 Å². The summed E-state index contributed by atoms with van der Waals surface area (Å²) in [5, 5.41) is 3.11. The minimum atomic E-state index is -3.89. The quantitative estimate of drug-likeness (QED) is 0.598. The molecule has 0 saturated carbocycles. The second-order valence-electron chi connectivity index (χ2n) is 6.67. The molecule has 2 heterocycles. The molecule has 11 heteroatoms. The van der Waals surface area contributed by atoms with Crippen molar-refractivity contribution >= 4 is 65.8 Å². The van der Waals surface area contributed by atoms with E-state index in [0.29, 0.717) is 18.3 Å². The van der Waals surface area contributed by atoms with Gasteiger partial charge in [0.2, 0.25) is 10.0 Å². The molecule has 0 bridgehead atoms. The third-order valence-electron chi connectivity index (χ3n) is 4.70. The summed E-state index contributed by atoms with van der Waals surface area (Å²) < 4.78 is 33.4. The monoisotopic (exact) mass is 485 g/mol. The van der Waals surface area contributed by atoms with E-state index in [-0.39, 0.29) is 33.6 Å². The third-order valence-corrected chi connectivity index (χ3v) is 8.31. The van der Waals surface area contributed by atoms with E-state index in [4.69, 9.17) is 27.9 Å². The molecule has 7 nitrogen and oxygen atoms in total. The highest BCUT2D eigenvalue weighted by Gasteiger charge is 2.30. The third kappa shape index (κ3) is 4.05. The molecule has 1 amide bonds. The van der Waals surface area contributed by atoms with Crippen LogP contribution in [0.25, 0.3) is 10.2 Å². The number of ether oxygens (including phenoxy) is 1. The number of hydrogen-bond acceptors (Lipinski definition) is 6. The molecule has 0 radical (unpaired) electrons. The van der Waals surface area contributed by atoms with Crippen LogP contribution < -0.4 is 5.32 Å². The summed E-state index contributed by atoms with van der Waals surface area (Å²) in [5.41, 5.74) is 1.80. The first-order chi connectivity index (χ1) is 14.3. The molecule has 1 N–H and O–H groups in total. The van der Waals surface area contributed by atoms with Gasteiger partial charge in [-0.2, -0.15) is 4.31 Å². The van der Waals surface area contributed by atoms with Crippen molar-refractivity contribution in [2.75, 3.05) is 31.6 Å². The zero-order valence-corrected chi connectivity index (χ0v) is 19.0. The Balaban J connectivity index is 1.67. The van der Waals surface area contributed by atoms with Crippen molar-refractivity contribution < 1.29 is 17.9 Å². The minimum absolute atomic E-state index is 0.00359. The molecule has 0 unspecified atom stereocenters. The summed E-state index contributed by atoms with van der Waals surface area (Å²) in [7, 11) is -3.89. The number of nitrogens with one attached hydrogen (secondary N) is 1. The van der Waals surface area contributed by atoms with Crippen LogP contribution >= 0.6 is 34.5 Å². The van der Waals surface area contributed by atoms with Gasteiger partial charge >= 0.3 is 0 Å². The average molecular weight is 486 g/mol. The van der Waals surface area contributed by atoms with E-state index in [0.717, 1.165) is 15.8 Å². The molecule has 2 aromatic carbocycles. The number of sulfonamides is 1. The van der Waals surface area contributed by atoms with E-state index in [1.54, 1.807) is 0 Å². The summed E-state index contributed by atoms with van der Waals surface area (Å²) in [6.07, 6.45) is 0. The fourth-order valence-electron chi connectivity index (χ4n) is 3.13. The zero-order chi connectivity index (χ0) is 21.5. The highest BCUT2D eigenvalue weighted by Crippen LogP contribution is 2.33. The molecule has 1 aromatic heterocycles. The molecule has 1 saturated heterocycles. The fraction of sp³-hybridized carbons (Fsp3) is 0.263. The van der Waals surface area contributed by atoms with Gasteiger partial charge < -0.3 is 4.74 Å². The molecule has 3 aromatic rings. The van der Waals surface area contributed by atoms with Crippen LogP contribution in [0, 0.1) is 6.92 Å². The number of aromatic nitrogens is 1. The Hall–Kier alpha value is -1.75. The lowest BCUT2D eigenvalue weighted by Gasteiger charge is -2.26. The topological polar surface area (TPSA) is 88.6 Å². The number of rotatable bonds is 4. The molecule has 1 fully saturated rings. The first kappa shape index (κ1) is 21.5. The summed E-state index contributed by atoms with van der Waals surface area (Å²) in [4.78, 5) is 17.1. The van der Waals surface area contributed by atoms with Crippen molar-refractivity contribution in [1.82, 2.24) is 9.29 Å². The lowest BCUT2D eigenvalue weighted by Crippen LogP contribution is -2.40. The van der Waals surface area contributed by atoms with Crippen molar-refractivity contribution in [2.45, 2.75) is 11.8 Å². The average Bonchev–Trinajstić information content (AvgIpc) is 3.12. The number of nitrogens with zero attached hydrogens (tertiary/aromatic N) is 2. The molecule has 1 aliphatic heterocycles. The molecular weight excluding hydrogens is 469 g/mol. The maximum absolute atomic E-state index is 13.0. The molecular formula is C19H17Cl2N3O4S2. The molecule has 0 atom stereocenters. The zero-order valence-electron chi connectivity index (χ0n) is 15.8. The number of thiazole rings is 1. The summed E-state index contributed by atoms with van der Waals surface area (Å²) >= 11 is 13.7. The first-order valence-electron chi connectivity index (χ1n) is 9.02. The number of carbonyl (C=O) groups is 1. The van der Waals surface area contributed by atoms with E-state index in [1.165, 1.54) is 27.8 Å². The number of benzene rings is 2. The van der Waals surface area contributed by atoms with Gasteiger partial charge in [-0.05, 0) is 30.7 Å². The Kier molecular flexibility index (Phi) is 6.02. The van der Waals surface area contributed by atoms with Crippen LogP contribution in [0.4, 0.5) is 5.13 Å². The summed E-state index contributed by atoms with van der Waals surface area (Å²) in [5.74, 6) is -0.563. The van der Waals surface area contributed by atoms with Crippen LogP contribution in [0.2, 0.25) is 10.0 Å². The molecule has 30 heavy (non-hydrogen) atoms. The van der Waals surface area contributed by atoms with Gasteiger partial charge in [-0.3, -0.25) is 10.1 Å². The molecule has 158 valence electrons. The molecule has 1 aliphatic rings. The SMILES string of the molecule is Cc1cccc2sc(NC(=O)c3cc(S(=O)(=O)N4CCOCC4)c(Cl)cc3Cl)nc12. The predicted molar refractivity (Wildman–Crippen MR) is 118 cm³/mol. The lowest BCUT2D eigenvalue weighted by molar-refractivity contribution is 0.0730. The van der Waals surface area contributed by atoms with E-state index in [1.807, 2.05) is 25.1 Å². The Labute approximate surface area is 187 Å². The van der Waals surface area contributed by atoms with Crippen LogP contribution in [0.3, 0.4) is 0 Å². The standard InChI is InChI=1S/C19H17Cl2N3O4S2/c1-11-3-2-4-15-17(11)22-19(29-15)23-18(25)12-9-16(14(21)10-13(12)20)30(26,27)24-5-7-28-8-6-24/h2-4,9-10H,5-8H2,1H3,(H,22,23,25). The van der Waals surface area contributed by atoms with Crippen molar-refractivity contribution in [3.8, 4) is 0 Å². The van der Waals surface area contributed by atoms with Crippen molar-refractivity contribution in [3.63, 3.8) is 0 Å². The highest BCUT2D eigenvalue weighted by molar-refractivity contribution is 7.89. The number of aryl methyl sites for hydroxylation is 1. The number of morpholine rings is 1. The van der Waals surface area contributed by atoms with Crippen molar-refractivity contribution in [1.29, 1.82) is 0 Å². The predicted octanol–water partition coefficient (Wildman–Crippen LogP) is 4.18. The van der Waals surface area contributed by atoms with Gasteiger partial charge in [0.25, 0.3) is 5.91 Å². The van der Waals surface area contributed by atoms with E-state index in [9.17, 15) is 13.2 Å². The number of halogens is 2. The Morgan fingerprint density at radius 2 is 1.93 bits per heavy atom. The number of fused-ring (bicyclic) bond motifs is 1. The maximum atomic E-state index is 13.0. The number of amides is 1. The van der Waals surface area contributed by atoms with Crippen LogP contribution in [0.1, 0.15) is 15.9 Å². The van der Waals surface area contributed by atoms with Crippen LogP contribution in [0.5, 0.6) is 0 Å². The van der Waals surface area contributed by atoms with E-state index >= 15 is 0 Å². The van der Waals surface area contributed by atoms with Crippen molar-refractivity contribution in [3.05, 3.63) is 51.5 Å². The highest BCUT2D eigenvalue weighted by atomic mass is 35.5. The van der Waals surface area contributed by atoms with E-state index in [2.05, 4.69) is 10.3 Å². The van der Waals surface area contributed by atoms with Gasteiger partial charge in [0.15, 0.2) is 5.13 Å². The van der Waals surface area contributed by atoms with Gasteiger partial charge in [0.1, 0.15) is 4.90 Å². The largest absolute Gasteiger partial charge is 0.379 e. The van der Waals surface area contributed by atoms with Crippen LogP contribution in [0.15, 0.2) is 35.2 Å². The Bertz CT molecular complexity index is 1240. The van der Waals surface area contributed by atoms with Gasteiger partial charge in [-0.1, -0.05) is 46.7 Å². The van der Waals surface area contributed by atoms with Gasteiger partial charge in [-0.25, -0.2) is 13.4 Å². The second-order valence-corrected chi connectivity index (χ2v) is 10.4. The molecule has 0 spiro atoms. The maximum Gasteiger partial charge on any atom is 0.259 e. The molecule has 0 aliphatic carbocycles. The van der Waals surface area contributed by atoms with Crippen molar-refractivity contribution in [2.24, 2.45) is 0 Å². The fourth-order valence-corrected chi connectivity index (χ4v) is 6.31. The van der Waals surface area contributed by atoms with E-state index < -0.39 is 15.9 Å². The number of hydrogen-bond donors (Lipinski definition) is 1.